The highest BCUT2D eigenvalue weighted by atomic mass is 16.6. The van der Waals surface area contributed by atoms with E-state index in [1.807, 2.05) is 43.0 Å². The average molecular weight is 545 g/mol. The molecule has 3 aromatic carbocycles. The lowest BCUT2D eigenvalue weighted by atomic mass is 9.99. The molecular weight excluding hydrogens is 504 g/mol. The van der Waals surface area contributed by atoms with E-state index in [9.17, 15) is 9.59 Å². The van der Waals surface area contributed by atoms with E-state index in [1.54, 1.807) is 32.4 Å². The number of methoxy groups -OCH3 is 2. The van der Waals surface area contributed by atoms with Gasteiger partial charge in [0.15, 0.2) is 5.72 Å². The van der Waals surface area contributed by atoms with E-state index in [1.165, 1.54) is 5.56 Å². The molecule has 7 nitrogen and oxygen atoms in total. The van der Waals surface area contributed by atoms with Gasteiger partial charge in [0.25, 0.3) is 5.91 Å². The zero-order valence-electron chi connectivity index (χ0n) is 24.5. The number of aryl methyl sites for hydroxylation is 2. The fourth-order valence-electron chi connectivity index (χ4n) is 5.45. The number of carbonyl (C=O) groups excluding carboxylic acids is 2. The lowest BCUT2D eigenvalue weighted by Gasteiger charge is -2.36. The number of carbonyl (C=O) groups is 2. The number of nitrogens with zero attached hydrogens (tertiary/aromatic N) is 2. The van der Waals surface area contributed by atoms with Crippen LogP contribution in [0.5, 0.6) is 11.5 Å². The number of rotatable bonds is 11. The van der Waals surface area contributed by atoms with Crippen LogP contribution in [0.4, 0.5) is 5.69 Å². The number of ether oxygens (including phenoxy) is 3. The molecule has 1 aliphatic rings. The van der Waals surface area contributed by atoms with Gasteiger partial charge in [-0.25, -0.2) is 4.79 Å². The third kappa shape index (κ3) is 6.31. The standard InChI is InChI=1S/C33H40N2O5/c1-7-34(8-2)33(3,4)40-32(37)26-16-13-23(14-17-26)12-15-24-10-9-11-25-18-19-35(30(24)25)31(36)27-20-28(38-5)22-29(21-27)39-6/h9-11,13-14,16-17,20-22H,7-8,12,15,18-19H2,1-6H3. The van der Waals surface area contributed by atoms with Crippen LogP contribution in [-0.2, 0) is 24.0 Å². The van der Waals surface area contributed by atoms with Gasteiger partial charge in [0.1, 0.15) is 11.5 Å². The molecular formula is C33H40N2O5. The van der Waals surface area contributed by atoms with Crippen molar-refractivity contribution in [1.29, 1.82) is 0 Å². The van der Waals surface area contributed by atoms with Gasteiger partial charge in [-0.1, -0.05) is 44.2 Å². The summed E-state index contributed by atoms with van der Waals surface area (Å²) in [5, 5.41) is 0. The summed E-state index contributed by atoms with van der Waals surface area (Å²) < 4.78 is 16.6. The Morgan fingerprint density at radius 3 is 2.12 bits per heavy atom. The summed E-state index contributed by atoms with van der Waals surface area (Å²) in [5.74, 6) is 0.769. The van der Waals surface area contributed by atoms with Gasteiger partial charge >= 0.3 is 5.97 Å². The minimum Gasteiger partial charge on any atom is -0.497 e. The van der Waals surface area contributed by atoms with E-state index in [0.717, 1.165) is 49.2 Å². The Balaban J connectivity index is 1.47. The summed E-state index contributed by atoms with van der Waals surface area (Å²) in [5.41, 5.74) is 4.81. The van der Waals surface area contributed by atoms with Gasteiger partial charge in [-0.05, 0) is 87.2 Å². The molecule has 0 radical (unpaired) electrons. The van der Waals surface area contributed by atoms with Crippen molar-refractivity contribution in [2.24, 2.45) is 0 Å². The monoisotopic (exact) mass is 544 g/mol. The summed E-state index contributed by atoms with van der Waals surface area (Å²) in [6.45, 7) is 10.2. The number of amides is 1. The van der Waals surface area contributed by atoms with E-state index < -0.39 is 5.72 Å². The van der Waals surface area contributed by atoms with Gasteiger partial charge in [-0.2, -0.15) is 0 Å². The molecule has 212 valence electrons. The van der Waals surface area contributed by atoms with Crippen molar-refractivity contribution in [3.8, 4) is 11.5 Å². The summed E-state index contributed by atoms with van der Waals surface area (Å²) in [6, 6.07) is 19.1. The molecule has 0 saturated carbocycles. The highest BCUT2D eigenvalue weighted by Crippen LogP contribution is 2.35. The van der Waals surface area contributed by atoms with Gasteiger partial charge in [0.05, 0.1) is 25.5 Å². The molecule has 1 heterocycles. The van der Waals surface area contributed by atoms with E-state index in [0.29, 0.717) is 29.2 Å². The van der Waals surface area contributed by atoms with Crippen LogP contribution in [0.25, 0.3) is 0 Å². The van der Waals surface area contributed by atoms with Crippen LogP contribution < -0.4 is 14.4 Å². The molecule has 3 aromatic rings. The highest BCUT2D eigenvalue weighted by molar-refractivity contribution is 6.08. The van der Waals surface area contributed by atoms with Crippen molar-refractivity contribution in [3.05, 3.63) is 88.5 Å². The Bertz CT molecular complexity index is 1320. The van der Waals surface area contributed by atoms with Crippen LogP contribution in [0.3, 0.4) is 0 Å². The number of benzene rings is 3. The van der Waals surface area contributed by atoms with E-state index in [2.05, 4.69) is 36.9 Å². The largest absolute Gasteiger partial charge is 0.497 e. The number of hydrogen-bond donors (Lipinski definition) is 0. The quantitative estimate of drug-likeness (QED) is 0.220. The van der Waals surface area contributed by atoms with Crippen LogP contribution in [-0.4, -0.2) is 56.4 Å². The second-order valence-corrected chi connectivity index (χ2v) is 10.4. The summed E-state index contributed by atoms with van der Waals surface area (Å²) in [4.78, 5) is 30.4. The minimum absolute atomic E-state index is 0.0705. The number of hydrogen-bond acceptors (Lipinski definition) is 6. The van der Waals surface area contributed by atoms with Gasteiger partial charge < -0.3 is 19.1 Å². The van der Waals surface area contributed by atoms with E-state index in [-0.39, 0.29) is 11.9 Å². The van der Waals surface area contributed by atoms with Crippen molar-refractivity contribution >= 4 is 17.6 Å². The van der Waals surface area contributed by atoms with Gasteiger partial charge in [0, 0.05) is 18.2 Å². The predicted octanol–water partition coefficient (Wildman–Crippen LogP) is 5.93. The summed E-state index contributed by atoms with van der Waals surface area (Å²) in [7, 11) is 3.16. The molecule has 0 saturated heterocycles. The number of anilines is 1. The van der Waals surface area contributed by atoms with Crippen molar-refractivity contribution in [2.45, 2.75) is 52.7 Å². The fraction of sp³-hybridized carbons (Fsp3) is 0.394. The second-order valence-electron chi connectivity index (χ2n) is 10.4. The number of fused-ring (bicyclic) bond motifs is 1. The lowest BCUT2D eigenvalue weighted by Crippen LogP contribution is -2.47. The first-order valence-electron chi connectivity index (χ1n) is 13.9. The first-order chi connectivity index (χ1) is 19.2. The van der Waals surface area contributed by atoms with Crippen LogP contribution in [0, 0.1) is 0 Å². The molecule has 4 rings (SSSR count). The summed E-state index contributed by atoms with van der Waals surface area (Å²) in [6.07, 6.45) is 2.37. The van der Waals surface area contributed by atoms with Crippen LogP contribution in [0.1, 0.15) is 65.1 Å². The molecule has 7 heteroatoms. The predicted molar refractivity (Wildman–Crippen MR) is 158 cm³/mol. The zero-order chi connectivity index (χ0) is 28.9. The highest BCUT2D eigenvalue weighted by Gasteiger charge is 2.30. The van der Waals surface area contributed by atoms with Crippen molar-refractivity contribution in [1.82, 2.24) is 4.90 Å². The first-order valence-corrected chi connectivity index (χ1v) is 13.9. The van der Waals surface area contributed by atoms with Crippen LogP contribution in [0.2, 0.25) is 0 Å². The fourth-order valence-corrected chi connectivity index (χ4v) is 5.45. The molecule has 0 atom stereocenters. The number of para-hydroxylation sites is 1. The Kier molecular flexibility index (Phi) is 9.15. The smallest absolute Gasteiger partial charge is 0.339 e. The lowest BCUT2D eigenvalue weighted by molar-refractivity contribution is -0.0904. The Labute approximate surface area is 237 Å². The van der Waals surface area contributed by atoms with Crippen molar-refractivity contribution < 1.29 is 23.8 Å². The van der Waals surface area contributed by atoms with Gasteiger partial charge in [-0.15, -0.1) is 0 Å². The zero-order valence-corrected chi connectivity index (χ0v) is 24.5. The Morgan fingerprint density at radius 2 is 1.52 bits per heavy atom. The van der Waals surface area contributed by atoms with E-state index >= 15 is 0 Å². The van der Waals surface area contributed by atoms with Crippen LogP contribution in [0.15, 0.2) is 60.7 Å². The normalized spacial score (nSPS) is 12.8. The molecule has 0 fully saturated rings. The van der Waals surface area contributed by atoms with Crippen molar-refractivity contribution in [2.75, 3.05) is 38.8 Å². The molecule has 0 spiro atoms. The van der Waals surface area contributed by atoms with Gasteiger partial charge in [0.2, 0.25) is 0 Å². The third-order valence-electron chi connectivity index (χ3n) is 7.66. The maximum Gasteiger partial charge on any atom is 0.339 e. The summed E-state index contributed by atoms with van der Waals surface area (Å²) >= 11 is 0. The van der Waals surface area contributed by atoms with E-state index in [4.69, 9.17) is 14.2 Å². The molecule has 0 unspecified atom stereocenters. The minimum atomic E-state index is -0.674. The molecule has 1 aliphatic heterocycles. The maximum atomic E-state index is 13.6. The topological polar surface area (TPSA) is 68.3 Å². The van der Waals surface area contributed by atoms with Crippen LogP contribution >= 0.6 is 0 Å². The maximum absolute atomic E-state index is 13.6. The molecule has 0 bridgehead atoms. The number of esters is 1. The van der Waals surface area contributed by atoms with Crippen molar-refractivity contribution in [3.63, 3.8) is 0 Å². The Hall–Kier alpha value is -3.84. The first kappa shape index (κ1) is 29.2. The Morgan fingerprint density at radius 1 is 0.875 bits per heavy atom. The SMILES string of the molecule is CCN(CC)C(C)(C)OC(=O)c1ccc(CCc2cccc3c2N(C(=O)c2cc(OC)cc(OC)c2)CC3)cc1. The molecule has 1 amide bonds. The molecule has 0 aromatic heterocycles. The van der Waals surface area contributed by atoms with Gasteiger partial charge in [-0.3, -0.25) is 9.69 Å². The third-order valence-corrected chi connectivity index (χ3v) is 7.66. The molecule has 0 N–H and O–H groups in total. The second kappa shape index (κ2) is 12.6. The molecule has 0 aliphatic carbocycles. The average Bonchev–Trinajstić information content (AvgIpc) is 3.40. The molecule has 40 heavy (non-hydrogen) atoms.